The summed E-state index contributed by atoms with van der Waals surface area (Å²) < 4.78 is 5.86. The Hall–Kier alpha value is -3.37. The molecule has 0 bridgehead atoms. The summed E-state index contributed by atoms with van der Waals surface area (Å²) in [7, 11) is 0. The van der Waals surface area contributed by atoms with Crippen LogP contribution in [0.15, 0.2) is 77.2 Å². The number of benzene rings is 3. The van der Waals surface area contributed by atoms with E-state index in [0.29, 0.717) is 16.6 Å². The number of halogens is 1. The standard InChI is InChI=1S/C23H17ClN2O2/c1-15-5-11-20-21(13-15)28-23(26-20)17-3-2-4-19(14-17)25-22(27)12-8-16-6-9-18(24)10-7-16/h2-14H,1H3,(H,25,27). The van der Waals surface area contributed by atoms with E-state index in [0.717, 1.165) is 27.8 Å². The third-order valence-corrected chi connectivity index (χ3v) is 4.47. The Bertz CT molecular complexity index is 1180. The van der Waals surface area contributed by atoms with E-state index in [-0.39, 0.29) is 5.91 Å². The smallest absolute Gasteiger partial charge is 0.248 e. The summed E-state index contributed by atoms with van der Waals surface area (Å²) >= 11 is 5.86. The Kier molecular flexibility index (Phi) is 4.96. The molecule has 4 nitrogen and oxygen atoms in total. The second-order valence-corrected chi connectivity index (χ2v) is 6.88. The van der Waals surface area contributed by atoms with Crippen molar-refractivity contribution in [2.24, 2.45) is 0 Å². The SMILES string of the molecule is Cc1ccc2nc(-c3cccc(NC(=O)C=Cc4ccc(Cl)cc4)c3)oc2c1. The van der Waals surface area contributed by atoms with Crippen LogP contribution in [0.4, 0.5) is 5.69 Å². The summed E-state index contributed by atoms with van der Waals surface area (Å²) in [5.41, 5.74) is 5.03. The van der Waals surface area contributed by atoms with E-state index in [1.807, 2.05) is 61.5 Å². The zero-order chi connectivity index (χ0) is 19.5. The monoisotopic (exact) mass is 388 g/mol. The first kappa shape index (κ1) is 18.0. The fourth-order valence-corrected chi connectivity index (χ4v) is 2.94. The van der Waals surface area contributed by atoms with E-state index in [4.69, 9.17) is 16.0 Å². The number of aryl methyl sites for hydroxylation is 1. The largest absolute Gasteiger partial charge is 0.436 e. The van der Waals surface area contributed by atoms with Gasteiger partial charge in [0.2, 0.25) is 11.8 Å². The second-order valence-electron chi connectivity index (χ2n) is 6.45. The molecule has 1 amide bonds. The molecule has 3 aromatic carbocycles. The highest BCUT2D eigenvalue weighted by atomic mass is 35.5. The Morgan fingerprint density at radius 2 is 1.89 bits per heavy atom. The molecule has 0 aliphatic rings. The highest BCUT2D eigenvalue weighted by molar-refractivity contribution is 6.30. The first-order chi connectivity index (χ1) is 13.6. The minimum Gasteiger partial charge on any atom is -0.436 e. The molecule has 0 aliphatic heterocycles. The van der Waals surface area contributed by atoms with Crippen LogP contribution in [-0.2, 0) is 4.79 Å². The minimum atomic E-state index is -0.222. The van der Waals surface area contributed by atoms with Crippen LogP contribution in [0.1, 0.15) is 11.1 Å². The Labute approximate surface area is 167 Å². The van der Waals surface area contributed by atoms with Crippen LogP contribution in [0.2, 0.25) is 5.02 Å². The van der Waals surface area contributed by atoms with Gasteiger partial charge in [-0.25, -0.2) is 4.98 Å². The van der Waals surface area contributed by atoms with E-state index >= 15 is 0 Å². The van der Waals surface area contributed by atoms with Gasteiger partial charge in [0.05, 0.1) is 0 Å². The second kappa shape index (κ2) is 7.71. The molecule has 0 saturated carbocycles. The number of rotatable bonds is 4. The molecular weight excluding hydrogens is 372 g/mol. The lowest BCUT2D eigenvalue weighted by atomic mass is 10.2. The molecule has 1 heterocycles. The van der Waals surface area contributed by atoms with Crippen LogP contribution >= 0.6 is 11.6 Å². The normalized spacial score (nSPS) is 11.2. The quantitative estimate of drug-likeness (QED) is 0.429. The highest BCUT2D eigenvalue weighted by Gasteiger charge is 2.09. The molecule has 4 rings (SSSR count). The number of nitrogens with one attached hydrogen (secondary N) is 1. The summed E-state index contributed by atoms with van der Waals surface area (Å²) in [4.78, 5) is 16.7. The number of nitrogens with zero attached hydrogens (tertiary/aromatic N) is 1. The number of amides is 1. The van der Waals surface area contributed by atoms with Gasteiger partial charge in [-0.2, -0.15) is 0 Å². The molecule has 1 N–H and O–H groups in total. The van der Waals surface area contributed by atoms with E-state index in [2.05, 4.69) is 10.3 Å². The lowest BCUT2D eigenvalue weighted by Crippen LogP contribution is -2.07. The third-order valence-electron chi connectivity index (χ3n) is 4.22. The molecule has 5 heteroatoms. The molecule has 0 unspecified atom stereocenters. The van der Waals surface area contributed by atoms with Crippen LogP contribution in [0.3, 0.4) is 0 Å². The topological polar surface area (TPSA) is 55.1 Å². The molecule has 0 fully saturated rings. The van der Waals surface area contributed by atoms with Crippen molar-refractivity contribution in [2.75, 3.05) is 5.32 Å². The van der Waals surface area contributed by atoms with Crippen molar-refractivity contribution in [1.29, 1.82) is 0 Å². The molecule has 0 aliphatic carbocycles. The van der Waals surface area contributed by atoms with Crippen LogP contribution < -0.4 is 5.32 Å². The maximum Gasteiger partial charge on any atom is 0.248 e. The van der Waals surface area contributed by atoms with Gasteiger partial charge in [0.1, 0.15) is 5.52 Å². The zero-order valence-corrected chi connectivity index (χ0v) is 15.9. The van der Waals surface area contributed by atoms with Gasteiger partial charge >= 0.3 is 0 Å². The van der Waals surface area contributed by atoms with E-state index in [1.54, 1.807) is 18.2 Å². The number of aromatic nitrogens is 1. The number of hydrogen-bond donors (Lipinski definition) is 1. The Morgan fingerprint density at radius 1 is 1.07 bits per heavy atom. The van der Waals surface area contributed by atoms with Gasteiger partial charge in [0, 0.05) is 22.3 Å². The van der Waals surface area contributed by atoms with Crippen molar-refractivity contribution in [1.82, 2.24) is 4.98 Å². The molecule has 0 atom stereocenters. The summed E-state index contributed by atoms with van der Waals surface area (Å²) in [6.07, 6.45) is 3.22. The number of carbonyl (C=O) groups excluding carboxylic acids is 1. The molecule has 1 aromatic heterocycles. The van der Waals surface area contributed by atoms with E-state index in [9.17, 15) is 4.79 Å². The minimum absolute atomic E-state index is 0.222. The fourth-order valence-electron chi connectivity index (χ4n) is 2.82. The van der Waals surface area contributed by atoms with Gasteiger partial charge in [-0.3, -0.25) is 4.79 Å². The maximum absolute atomic E-state index is 12.2. The highest BCUT2D eigenvalue weighted by Crippen LogP contribution is 2.26. The first-order valence-electron chi connectivity index (χ1n) is 8.79. The average Bonchev–Trinajstić information content (AvgIpc) is 3.11. The summed E-state index contributed by atoms with van der Waals surface area (Å²) in [6, 6.07) is 20.6. The number of oxazole rings is 1. The van der Waals surface area contributed by atoms with Crippen LogP contribution in [0.5, 0.6) is 0 Å². The van der Waals surface area contributed by atoms with Crippen LogP contribution in [0, 0.1) is 6.92 Å². The van der Waals surface area contributed by atoms with Gasteiger partial charge in [-0.15, -0.1) is 0 Å². The lowest BCUT2D eigenvalue weighted by molar-refractivity contribution is -0.111. The third kappa shape index (κ3) is 4.13. The molecule has 28 heavy (non-hydrogen) atoms. The number of anilines is 1. The summed E-state index contributed by atoms with van der Waals surface area (Å²) in [5, 5.41) is 3.52. The predicted molar refractivity (Wildman–Crippen MR) is 113 cm³/mol. The lowest BCUT2D eigenvalue weighted by Gasteiger charge is -2.03. The van der Waals surface area contributed by atoms with Gasteiger partial charge in [-0.1, -0.05) is 35.9 Å². The molecule has 138 valence electrons. The van der Waals surface area contributed by atoms with Crippen molar-refractivity contribution < 1.29 is 9.21 Å². The van der Waals surface area contributed by atoms with Gasteiger partial charge in [-0.05, 0) is 66.6 Å². The van der Waals surface area contributed by atoms with Gasteiger partial charge < -0.3 is 9.73 Å². The number of fused-ring (bicyclic) bond motifs is 1. The van der Waals surface area contributed by atoms with Crippen LogP contribution in [-0.4, -0.2) is 10.9 Å². The van der Waals surface area contributed by atoms with Crippen molar-refractivity contribution >= 4 is 40.4 Å². The zero-order valence-electron chi connectivity index (χ0n) is 15.1. The molecule has 0 radical (unpaired) electrons. The van der Waals surface area contributed by atoms with Crippen LogP contribution in [0.25, 0.3) is 28.6 Å². The fraction of sp³-hybridized carbons (Fsp3) is 0.0435. The molecule has 0 spiro atoms. The van der Waals surface area contributed by atoms with E-state index in [1.165, 1.54) is 6.08 Å². The number of carbonyl (C=O) groups is 1. The van der Waals surface area contributed by atoms with Crippen molar-refractivity contribution in [2.45, 2.75) is 6.92 Å². The van der Waals surface area contributed by atoms with E-state index < -0.39 is 0 Å². The first-order valence-corrected chi connectivity index (χ1v) is 9.17. The Balaban J connectivity index is 1.51. The predicted octanol–water partition coefficient (Wildman–Crippen LogP) is 6.11. The van der Waals surface area contributed by atoms with Crippen molar-refractivity contribution in [3.8, 4) is 11.5 Å². The van der Waals surface area contributed by atoms with Crippen molar-refractivity contribution in [3.05, 3.63) is 89.0 Å². The van der Waals surface area contributed by atoms with Crippen molar-refractivity contribution in [3.63, 3.8) is 0 Å². The molecule has 4 aromatic rings. The maximum atomic E-state index is 12.2. The molecular formula is C23H17ClN2O2. The Morgan fingerprint density at radius 3 is 2.71 bits per heavy atom. The van der Waals surface area contributed by atoms with Gasteiger partial charge in [0.15, 0.2) is 5.58 Å². The average molecular weight is 389 g/mol. The summed E-state index contributed by atoms with van der Waals surface area (Å²) in [5.74, 6) is 0.300. The van der Waals surface area contributed by atoms with Gasteiger partial charge in [0.25, 0.3) is 0 Å². The summed E-state index contributed by atoms with van der Waals surface area (Å²) in [6.45, 7) is 2.01. The molecule has 0 saturated heterocycles. The number of hydrogen-bond acceptors (Lipinski definition) is 3.